The van der Waals surface area contributed by atoms with Gasteiger partial charge < -0.3 is 4.74 Å². The Morgan fingerprint density at radius 3 is 2.19 bits per heavy atom. The van der Waals surface area contributed by atoms with Gasteiger partial charge in [0.25, 0.3) is 5.69 Å². The summed E-state index contributed by atoms with van der Waals surface area (Å²) in [6.45, 7) is 6.38. The van der Waals surface area contributed by atoms with Crippen LogP contribution >= 0.6 is 0 Å². The van der Waals surface area contributed by atoms with E-state index in [1.165, 1.54) is 17.7 Å². The highest BCUT2D eigenvalue weighted by Gasteiger charge is 2.24. The number of nitrogens with zero attached hydrogens (tertiary/aromatic N) is 2. The molecule has 0 saturated heterocycles. The minimum absolute atomic E-state index is 0.00993. The molecular formula is C20H18N2O4. The van der Waals surface area contributed by atoms with Gasteiger partial charge in [0.05, 0.1) is 4.92 Å². The number of aliphatic imine (C=N–C) groups is 1. The average Bonchev–Trinajstić information content (AvgIpc) is 2.95. The fraction of sp³-hybridized carbons (Fsp3) is 0.200. The summed E-state index contributed by atoms with van der Waals surface area (Å²) in [7, 11) is 0. The summed E-state index contributed by atoms with van der Waals surface area (Å²) in [4.78, 5) is 26.5. The number of hydrogen-bond acceptors (Lipinski definition) is 5. The van der Waals surface area contributed by atoms with Gasteiger partial charge in [-0.2, -0.15) is 0 Å². The normalized spacial score (nSPS) is 15.7. The lowest BCUT2D eigenvalue weighted by atomic mass is 9.87. The van der Waals surface area contributed by atoms with Crippen LogP contribution in [-0.2, 0) is 14.9 Å². The van der Waals surface area contributed by atoms with E-state index in [1.54, 1.807) is 18.2 Å². The molecule has 0 N–H and O–H groups in total. The summed E-state index contributed by atoms with van der Waals surface area (Å²) in [5, 5.41) is 10.7. The second-order valence-electron chi connectivity index (χ2n) is 7.01. The number of cyclic esters (lactones) is 1. The number of benzene rings is 2. The third kappa shape index (κ3) is 3.69. The van der Waals surface area contributed by atoms with Gasteiger partial charge in [-0.25, -0.2) is 9.79 Å². The van der Waals surface area contributed by atoms with Crippen molar-refractivity contribution >= 4 is 23.6 Å². The molecule has 6 heteroatoms. The maximum absolute atomic E-state index is 12.1. The van der Waals surface area contributed by atoms with Crippen LogP contribution < -0.4 is 0 Å². The number of carbonyl (C=O) groups excluding carboxylic acids is 1. The molecule has 1 aliphatic rings. The zero-order valence-corrected chi connectivity index (χ0v) is 14.7. The van der Waals surface area contributed by atoms with Gasteiger partial charge in [0.2, 0.25) is 5.90 Å². The molecule has 6 nitrogen and oxygen atoms in total. The molecule has 26 heavy (non-hydrogen) atoms. The van der Waals surface area contributed by atoms with Crippen molar-refractivity contribution in [1.82, 2.24) is 0 Å². The van der Waals surface area contributed by atoms with Gasteiger partial charge >= 0.3 is 5.97 Å². The van der Waals surface area contributed by atoms with Crippen LogP contribution in [0.25, 0.3) is 6.08 Å². The van der Waals surface area contributed by atoms with Gasteiger partial charge in [0.15, 0.2) is 5.70 Å². The van der Waals surface area contributed by atoms with Crippen LogP contribution in [0.5, 0.6) is 0 Å². The molecular weight excluding hydrogens is 332 g/mol. The highest BCUT2D eigenvalue weighted by atomic mass is 16.6. The second kappa shape index (κ2) is 6.55. The van der Waals surface area contributed by atoms with Crippen LogP contribution in [0.2, 0.25) is 0 Å². The van der Waals surface area contributed by atoms with E-state index in [0.29, 0.717) is 5.56 Å². The van der Waals surface area contributed by atoms with Gasteiger partial charge in [-0.1, -0.05) is 32.9 Å². The third-order valence-corrected chi connectivity index (χ3v) is 4.03. The average molecular weight is 350 g/mol. The Morgan fingerprint density at radius 1 is 1.04 bits per heavy atom. The third-order valence-electron chi connectivity index (χ3n) is 4.03. The van der Waals surface area contributed by atoms with Gasteiger partial charge in [-0.3, -0.25) is 10.1 Å². The Morgan fingerprint density at radius 2 is 1.65 bits per heavy atom. The van der Waals surface area contributed by atoms with Crippen molar-refractivity contribution in [2.75, 3.05) is 0 Å². The number of ether oxygens (including phenoxy) is 1. The summed E-state index contributed by atoms with van der Waals surface area (Å²) >= 11 is 0. The van der Waals surface area contributed by atoms with Crippen molar-refractivity contribution in [3.05, 3.63) is 81.0 Å². The lowest BCUT2D eigenvalue weighted by Crippen LogP contribution is -2.11. The van der Waals surface area contributed by atoms with Crippen LogP contribution in [-0.4, -0.2) is 16.8 Å². The first kappa shape index (κ1) is 17.5. The number of nitro benzene ring substituents is 1. The molecule has 0 unspecified atom stereocenters. The minimum Gasteiger partial charge on any atom is -0.402 e. The number of hydrogen-bond donors (Lipinski definition) is 0. The number of esters is 1. The highest BCUT2D eigenvalue weighted by Crippen LogP contribution is 2.24. The largest absolute Gasteiger partial charge is 0.402 e. The lowest BCUT2D eigenvalue weighted by molar-refractivity contribution is -0.384. The molecule has 1 heterocycles. The molecule has 1 aliphatic heterocycles. The Labute approximate surface area is 151 Å². The molecule has 0 amide bonds. The zero-order chi connectivity index (χ0) is 18.9. The molecule has 0 spiro atoms. The molecule has 0 fully saturated rings. The molecule has 0 aromatic heterocycles. The standard InChI is InChI=1S/C20H18N2O4/c1-20(2,3)15-8-6-14(7-9-15)18-21-17(19(23)26-18)12-13-4-10-16(11-5-13)22(24)25/h4-12H,1-3H3. The number of nitro groups is 1. The van der Waals surface area contributed by atoms with Gasteiger partial charge in [0, 0.05) is 17.7 Å². The number of carbonyl (C=O) groups is 1. The molecule has 0 aliphatic carbocycles. The molecule has 3 rings (SSSR count). The van der Waals surface area contributed by atoms with Crippen molar-refractivity contribution in [1.29, 1.82) is 0 Å². The molecule has 132 valence electrons. The van der Waals surface area contributed by atoms with Crippen LogP contribution in [0.15, 0.2) is 59.2 Å². The summed E-state index contributed by atoms with van der Waals surface area (Å²) in [6.07, 6.45) is 1.54. The van der Waals surface area contributed by atoms with Crippen LogP contribution in [0, 0.1) is 10.1 Å². The zero-order valence-electron chi connectivity index (χ0n) is 14.7. The molecule has 0 radical (unpaired) electrons. The minimum atomic E-state index is -0.543. The van der Waals surface area contributed by atoms with E-state index in [4.69, 9.17) is 4.74 Å². The van der Waals surface area contributed by atoms with Gasteiger partial charge in [-0.15, -0.1) is 0 Å². The van der Waals surface area contributed by atoms with E-state index in [0.717, 1.165) is 5.56 Å². The van der Waals surface area contributed by atoms with Crippen LogP contribution in [0.4, 0.5) is 5.69 Å². The molecule has 2 aromatic carbocycles. The Kier molecular flexibility index (Phi) is 4.42. The fourth-order valence-corrected chi connectivity index (χ4v) is 2.50. The van der Waals surface area contributed by atoms with Crippen molar-refractivity contribution in [2.24, 2.45) is 4.99 Å². The van der Waals surface area contributed by atoms with E-state index in [1.807, 2.05) is 24.3 Å². The molecule has 0 atom stereocenters. The van der Waals surface area contributed by atoms with E-state index >= 15 is 0 Å². The maximum atomic E-state index is 12.1. The first-order chi connectivity index (χ1) is 12.2. The second-order valence-corrected chi connectivity index (χ2v) is 7.01. The summed E-state index contributed by atoms with van der Waals surface area (Å²) in [5.41, 5.74) is 2.72. The summed E-state index contributed by atoms with van der Waals surface area (Å²) in [6, 6.07) is 13.6. The Balaban J connectivity index is 1.85. The van der Waals surface area contributed by atoms with Crippen molar-refractivity contribution < 1.29 is 14.5 Å². The maximum Gasteiger partial charge on any atom is 0.363 e. The van der Waals surface area contributed by atoms with Gasteiger partial charge in [-0.05, 0) is 46.9 Å². The van der Waals surface area contributed by atoms with E-state index in [2.05, 4.69) is 25.8 Å². The van der Waals surface area contributed by atoms with Crippen molar-refractivity contribution in [2.45, 2.75) is 26.2 Å². The Hall–Kier alpha value is -3.28. The van der Waals surface area contributed by atoms with E-state index in [9.17, 15) is 14.9 Å². The first-order valence-corrected chi connectivity index (χ1v) is 8.12. The van der Waals surface area contributed by atoms with Gasteiger partial charge in [0.1, 0.15) is 0 Å². The summed E-state index contributed by atoms with van der Waals surface area (Å²) in [5.74, 6) is -0.290. The monoisotopic (exact) mass is 350 g/mol. The van der Waals surface area contributed by atoms with Crippen LogP contribution in [0.3, 0.4) is 0 Å². The van der Waals surface area contributed by atoms with Crippen LogP contribution in [0.1, 0.15) is 37.5 Å². The quantitative estimate of drug-likeness (QED) is 0.359. The molecule has 0 bridgehead atoms. The van der Waals surface area contributed by atoms with Crippen molar-refractivity contribution in [3.63, 3.8) is 0 Å². The fourth-order valence-electron chi connectivity index (χ4n) is 2.50. The smallest absolute Gasteiger partial charge is 0.363 e. The number of non-ortho nitro benzene ring substituents is 1. The van der Waals surface area contributed by atoms with E-state index < -0.39 is 10.9 Å². The van der Waals surface area contributed by atoms with Crippen molar-refractivity contribution in [3.8, 4) is 0 Å². The molecule has 2 aromatic rings. The summed E-state index contributed by atoms with van der Waals surface area (Å²) < 4.78 is 5.25. The highest BCUT2D eigenvalue weighted by molar-refractivity contribution is 6.12. The number of rotatable bonds is 3. The topological polar surface area (TPSA) is 81.8 Å². The Bertz CT molecular complexity index is 918. The lowest BCUT2D eigenvalue weighted by Gasteiger charge is -2.18. The first-order valence-electron chi connectivity index (χ1n) is 8.12. The predicted molar refractivity (Wildman–Crippen MR) is 98.8 cm³/mol. The van der Waals surface area contributed by atoms with E-state index in [-0.39, 0.29) is 22.7 Å². The predicted octanol–water partition coefficient (Wildman–Crippen LogP) is 4.24. The molecule has 0 saturated carbocycles. The SMILES string of the molecule is CC(C)(C)c1ccc(C2=NC(=Cc3ccc([N+](=O)[O-])cc3)C(=O)O2)cc1.